The highest BCUT2D eigenvalue weighted by atomic mass is 35.5. The van der Waals surface area contributed by atoms with Crippen molar-refractivity contribution in [2.45, 2.75) is 16.6 Å². The van der Waals surface area contributed by atoms with Crippen LogP contribution in [0.3, 0.4) is 0 Å². The number of nitrogens with one attached hydrogen (secondary N) is 2. The number of hydrogen-bond donors (Lipinski definition) is 3. The lowest BCUT2D eigenvalue weighted by molar-refractivity contribution is -0.136. The molecule has 1 unspecified atom stereocenters. The van der Waals surface area contributed by atoms with Crippen LogP contribution >= 0.6 is 23.4 Å². The number of carboxylic acid groups (broad SMARTS) is 1. The molecule has 0 aliphatic heterocycles. The van der Waals surface area contributed by atoms with Crippen LogP contribution in [-0.2, 0) is 9.53 Å². The minimum atomic E-state index is -1.04. The zero-order valence-corrected chi connectivity index (χ0v) is 21.6. The summed E-state index contributed by atoms with van der Waals surface area (Å²) in [7, 11) is 2.98. The first-order valence-corrected chi connectivity index (χ1v) is 12.3. The molecule has 3 N–H and O–H groups in total. The minimum Gasteiger partial charge on any atom is -0.497 e. The highest BCUT2D eigenvalue weighted by Gasteiger charge is 2.20. The maximum atomic E-state index is 12.3. The van der Waals surface area contributed by atoms with Gasteiger partial charge in [-0.3, -0.25) is 14.9 Å². The van der Waals surface area contributed by atoms with Crippen LogP contribution in [0.1, 0.15) is 16.8 Å². The maximum Gasteiger partial charge on any atom is 0.411 e. The molecule has 0 heterocycles. The summed E-state index contributed by atoms with van der Waals surface area (Å²) in [6.45, 7) is -0.105. The number of carbonyl (C=O) groups excluding carboxylic acids is 2. The second kappa shape index (κ2) is 13.4. The highest BCUT2D eigenvalue weighted by Crippen LogP contribution is 2.28. The Hall–Kier alpha value is -3.89. The van der Waals surface area contributed by atoms with E-state index in [2.05, 4.69) is 10.6 Å². The van der Waals surface area contributed by atoms with E-state index in [1.165, 1.54) is 14.2 Å². The molecule has 0 aromatic heterocycles. The molecule has 2 amide bonds. The van der Waals surface area contributed by atoms with Crippen molar-refractivity contribution in [3.63, 3.8) is 0 Å². The van der Waals surface area contributed by atoms with Gasteiger partial charge in [-0.2, -0.15) is 0 Å². The molecule has 0 spiro atoms. The summed E-state index contributed by atoms with van der Waals surface area (Å²) in [5.41, 5.74) is 1.43. The SMILES string of the molecule is COc1cc(NC(=O)OCCC(Sc2ccc(NC(=O)c3ccc(Cl)cc3)cc2)C(=O)O)cc(OC)c1. The maximum absolute atomic E-state index is 12.3. The fourth-order valence-electron chi connectivity index (χ4n) is 3.11. The summed E-state index contributed by atoms with van der Waals surface area (Å²) in [6.07, 6.45) is -0.644. The molecule has 0 saturated carbocycles. The zero-order valence-electron chi connectivity index (χ0n) is 20.0. The van der Waals surface area contributed by atoms with Gasteiger partial charge in [-0.1, -0.05) is 11.6 Å². The number of thioether (sulfide) groups is 1. The van der Waals surface area contributed by atoms with Gasteiger partial charge in [0, 0.05) is 45.8 Å². The molecule has 0 radical (unpaired) electrons. The quantitative estimate of drug-likeness (QED) is 0.259. The first kappa shape index (κ1) is 27.7. The Morgan fingerprint density at radius 2 is 1.51 bits per heavy atom. The van der Waals surface area contributed by atoms with Crippen LogP contribution in [0.5, 0.6) is 11.5 Å². The molecule has 3 rings (SSSR count). The summed E-state index contributed by atoms with van der Waals surface area (Å²) >= 11 is 6.96. The molecule has 194 valence electrons. The number of ether oxygens (including phenoxy) is 3. The average molecular weight is 545 g/mol. The van der Waals surface area contributed by atoms with Crippen molar-refractivity contribution in [3.8, 4) is 11.5 Å². The third kappa shape index (κ3) is 8.62. The predicted molar refractivity (Wildman–Crippen MR) is 142 cm³/mol. The van der Waals surface area contributed by atoms with Gasteiger partial charge in [-0.05, 0) is 48.5 Å². The third-order valence-corrected chi connectivity index (χ3v) is 6.50. The first-order valence-electron chi connectivity index (χ1n) is 11.0. The Morgan fingerprint density at radius 3 is 2.08 bits per heavy atom. The van der Waals surface area contributed by atoms with Gasteiger partial charge in [0.05, 0.1) is 26.5 Å². The third-order valence-electron chi connectivity index (χ3n) is 4.98. The molecular formula is C26H25ClN2O7S. The lowest BCUT2D eigenvalue weighted by Gasteiger charge is -2.14. The number of anilines is 2. The molecule has 3 aromatic carbocycles. The topological polar surface area (TPSA) is 123 Å². The van der Waals surface area contributed by atoms with E-state index in [-0.39, 0.29) is 18.9 Å². The van der Waals surface area contributed by atoms with Crippen LogP contribution in [-0.4, -0.2) is 49.2 Å². The van der Waals surface area contributed by atoms with Gasteiger partial charge in [0.15, 0.2) is 0 Å². The smallest absolute Gasteiger partial charge is 0.411 e. The number of carboxylic acids is 1. The molecule has 11 heteroatoms. The second-order valence-corrected chi connectivity index (χ2v) is 9.29. The molecular weight excluding hydrogens is 520 g/mol. The number of carbonyl (C=O) groups is 3. The van der Waals surface area contributed by atoms with Crippen molar-refractivity contribution >= 4 is 52.7 Å². The van der Waals surface area contributed by atoms with Crippen molar-refractivity contribution < 1.29 is 33.7 Å². The van der Waals surface area contributed by atoms with E-state index in [0.29, 0.717) is 38.4 Å². The molecule has 0 aliphatic rings. The molecule has 0 bridgehead atoms. The van der Waals surface area contributed by atoms with E-state index in [9.17, 15) is 19.5 Å². The van der Waals surface area contributed by atoms with Gasteiger partial charge < -0.3 is 24.6 Å². The molecule has 1 atom stereocenters. The summed E-state index contributed by atoms with van der Waals surface area (Å²) < 4.78 is 15.5. The van der Waals surface area contributed by atoms with Crippen molar-refractivity contribution in [2.75, 3.05) is 31.5 Å². The number of hydrogen-bond acceptors (Lipinski definition) is 7. The Bertz CT molecular complexity index is 1210. The van der Waals surface area contributed by atoms with Gasteiger partial charge in [0.2, 0.25) is 0 Å². The van der Waals surface area contributed by atoms with Crippen molar-refractivity contribution in [1.29, 1.82) is 0 Å². The number of rotatable bonds is 11. The molecule has 0 aliphatic carbocycles. The zero-order chi connectivity index (χ0) is 26.8. The van der Waals surface area contributed by atoms with E-state index in [4.69, 9.17) is 25.8 Å². The van der Waals surface area contributed by atoms with Crippen LogP contribution < -0.4 is 20.1 Å². The largest absolute Gasteiger partial charge is 0.497 e. The first-order chi connectivity index (χ1) is 17.8. The van der Waals surface area contributed by atoms with Gasteiger partial charge in [-0.15, -0.1) is 11.8 Å². The fourth-order valence-corrected chi connectivity index (χ4v) is 4.17. The molecule has 9 nitrogen and oxygen atoms in total. The van der Waals surface area contributed by atoms with E-state index in [1.807, 2.05) is 0 Å². The van der Waals surface area contributed by atoms with Crippen molar-refractivity contribution in [1.82, 2.24) is 0 Å². The molecule has 0 saturated heterocycles. The number of halogens is 1. The lowest BCUT2D eigenvalue weighted by atomic mass is 10.2. The Balaban J connectivity index is 1.50. The van der Waals surface area contributed by atoms with Crippen LogP contribution in [0.4, 0.5) is 16.2 Å². The van der Waals surface area contributed by atoms with E-state index >= 15 is 0 Å². The molecule has 37 heavy (non-hydrogen) atoms. The average Bonchev–Trinajstić information content (AvgIpc) is 2.89. The molecule has 0 fully saturated rings. The minimum absolute atomic E-state index is 0.0872. The van der Waals surface area contributed by atoms with Gasteiger partial charge >= 0.3 is 12.1 Å². The number of benzene rings is 3. The Labute approximate surface area is 223 Å². The Morgan fingerprint density at radius 1 is 0.892 bits per heavy atom. The summed E-state index contributed by atoms with van der Waals surface area (Å²) in [5, 5.41) is 14.6. The number of amides is 2. The summed E-state index contributed by atoms with van der Waals surface area (Å²) in [4.78, 5) is 36.9. The van der Waals surface area contributed by atoms with E-state index < -0.39 is 17.3 Å². The highest BCUT2D eigenvalue weighted by molar-refractivity contribution is 8.00. The monoisotopic (exact) mass is 544 g/mol. The predicted octanol–water partition coefficient (Wildman–Crippen LogP) is 5.79. The van der Waals surface area contributed by atoms with E-state index in [0.717, 1.165) is 11.8 Å². The summed E-state index contributed by atoms with van der Waals surface area (Å²) in [6, 6.07) is 18.1. The van der Waals surface area contributed by atoms with Crippen LogP contribution in [0.15, 0.2) is 71.6 Å². The van der Waals surface area contributed by atoms with Gasteiger partial charge in [0.1, 0.15) is 16.7 Å². The second-order valence-electron chi connectivity index (χ2n) is 7.58. The fraction of sp³-hybridized carbons (Fsp3) is 0.192. The number of methoxy groups -OCH3 is 2. The summed E-state index contributed by atoms with van der Waals surface area (Å²) in [5.74, 6) is -0.338. The van der Waals surface area contributed by atoms with Crippen molar-refractivity contribution in [3.05, 3.63) is 77.3 Å². The van der Waals surface area contributed by atoms with Crippen LogP contribution in [0.25, 0.3) is 0 Å². The lowest BCUT2D eigenvalue weighted by Crippen LogP contribution is -2.21. The van der Waals surface area contributed by atoms with Crippen molar-refractivity contribution in [2.24, 2.45) is 0 Å². The van der Waals surface area contributed by atoms with E-state index in [1.54, 1.807) is 66.7 Å². The van der Waals surface area contributed by atoms with Crippen LogP contribution in [0.2, 0.25) is 5.02 Å². The number of aliphatic carboxylic acids is 1. The standard InChI is InChI=1S/C26H25ClN2O7S/c1-34-20-13-19(14-21(15-20)35-2)29-26(33)36-12-11-23(25(31)32)37-22-9-7-18(8-10-22)28-24(30)16-3-5-17(27)6-4-16/h3-10,13-15,23H,11-12H2,1-2H3,(H,28,30)(H,29,33)(H,31,32). The van der Waals surface area contributed by atoms with Gasteiger partial charge in [0.25, 0.3) is 5.91 Å². The molecule has 3 aromatic rings. The van der Waals surface area contributed by atoms with Gasteiger partial charge in [-0.25, -0.2) is 4.79 Å². The van der Waals surface area contributed by atoms with Crippen LogP contribution in [0, 0.1) is 0 Å². The Kier molecular flexibility index (Phi) is 10.0. The normalized spacial score (nSPS) is 11.2.